The molecule has 0 radical (unpaired) electrons. The van der Waals surface area contributed by atoms with Crippen molar-refractivity contribution in [3.05, 3.63) is 36.5 Å². The van der Waals surface area contributed by atoms with Crippen molar-refractivity contribution in [1.29, 1.82) is 0 Å². The molecule has 3 heterocycles. The Morgan fingerprint density at radius 3 is 2.38 bits per heavy atom. The van der Waals surface area contributed by atoms with Crippen molar-refractivity contribution in [1.82, 2.24) is 15.2 Å². The van der Waals surface area contributed by atoms with Gasteiger partial charge in [0.25, 0.3) is 0 Å². The lowest BCUT2D eigenvalue weighted by Crippen LogP contribution is -2.47. The molecule has 1 fully saturated rings. The molecule has 0 bridgehead atoms. The largest absolute Gasteiger partial charge is 0.353 e. The Kier molecular flexibility index (Phi) is 5.20. The lowest BCUT2D eigenvalue weighted by Gasteiger charge is -2.35. The molecule has 1 N–H and O–H groups in total. The molecule has 1 aliphatic heterocycles. The lowest BCUT2D eigenvalue weighted by molar-refractivity contribution is -0.116. The number of anilines is 3. The highest BCUT2D eigenvalue weighted by Crippen LogP contribution is 2.17. The standard InChI is InChI=1S/C17H22N6O/c1-2-5-17(24)19-14-7-8-16(21-20-14)23-12-10-22(11-13-23)15-6-3-4-9-18-15/h3-4,6-9H,2,5,10-13H2,1H3,(H,19,20,24). The van der Waals surface area contributed by atoms with E-state index in [1.165, 1.54) is 0 Å². The van der Waals surface area contributed by atoms with E-state index in [1.54, 1.807) is 6.07 Å². The van der Waals surface area contributed by atoms with Gasteiger partial charge < -0.3 is 15.1 Å². The summed E-state index contributed by atoms with van der Waals surface area (Å²) in [6.45, 7) is 5.50. The molecule has 1 saturated heterocycles. The zero-order valence-electron chi connectivity index (χ0n) is 13.9. The summed E-state index contributed by atoms with van der Waals surface area (Å²) >= 11 is 0. The van der Waals surface area contributed by atoms with Gasteiger partial charge in [0.05, 0.1) is 0 Å². The van der Waals surface area contributed by atoms with Crippen molar-refractivity contribution in [3.63, 3.8) is 0 Å². The SMILES string of the molecule is CCCC(=O)Nc1ccc(N2CCN(c3ccccn3)CC2)nn1. The summed E-state index contributed by atoms with van der Waals surface area (Å²) in [6, 6.07) is 9.68. The van der Waals surface area contributed by atoms with Crippen LogP contribution in [0.1, 0.15) is 19.8 Å². The highest BCUT2D eigenvalue weighted by Gasteiger charge is 2.19. The van der Waals surface area contributed by atoms with Crippen molar-refractivity contribution < 1.29 is 4.79 Å². The van der Waals surface area contributed by atoms with Gasteiger partial charge in [-0.15, -0.1) is 10.2 Å². The summed E-state index contributed by atoms with van der Waals surface area (Å²) in [4.78, 5) is 20.4. The van der Waals surface area contributed by atoms with Gasteiger partial charge in [0.1, 0.15) is 5.82 Å². The first-order valence-corrected chi connectivity index (χ1v) is 8.31. The monoisotopic (exact) mass is 326 g/mol. The molecule has 7 heteroatoms. The van der Waals surface area contributed by atoms with E-state index in [-0.39, 0.29) is 5.91 Å². The van der Waals surface area contributed by atoms with E-state index in [4.69, 9.17) is 0 Å². The van der Waals surface area contributed by atoms with Crippen LogP contribution >= 0.6 is 0 Å². The molecule has 1 aliphatic rings. The van der Waals surface area contributed by atoms with E-state index in [0.29, 0.717) is 12.2 Å². The first-order chi connectivity index (χ1) is 11.8. The minimum Gasteiger partial charge on any atom is -0.353 e. The second-order valence-corrected chi connectivity index (χ2v) is 5.74. The molecule has 0 saturated carbocycles. The molecule has 2 aromatic heterocycles. The maximum Gasteiger partial charge on any atom is 0.225 e. The number of hydrogen-bond acceptors (Lipinski definition) is 6. The number of aromatic nitrogens is 3. The minimum absolute atomic E-state index is 0.0245. The highest BCUT2D eigenvalue weighted by atomic mass is 16.1. The normalized spacial score (nSPS) is 14.5. The predicted molar refractivity (Wildman–Crippen MR) is 94.2 cm³/mol. The Morgan fingerprint density at radius 1 is 1.04 bits per heavy atom. The predicted octanol–water partition coefficient (Wildman–Crippen LogP) is 1.94. The van der Waals surface area contributed by atoms with Gasteiger partial charge in [0.15, 0.2) is 11.6 Å². The molecular weight excluding hydrogens is 304 g/mol. The van der Waals surface area contributed by atoms with Gasteiger partial charge in [-0.25, -0.2) is 4.98 Å². The van der Waals surface area contributed by atoms with E-state index in [0.717, 1.165) is 44.2 Å². The van der Waals surface area contributed by atoms with Crippen LogP contribution in [0.15, 0.2) is 36.5 Å². The number of pyridine rings is 1. The first kappa shape index (κ1) is 16.2. The number of amides is 1. The summed E-state index contributed by atoms with van der Waals surface area (Å²) in [5.41, 5.74) is 0. The molecule has 0 unspecified atom stereocenters. The third-order valence-electron chi connectivity index (χ3n) is 3.97. The highest BCUT2D eigenvalue weighted by molar-refractivity contribution is 5.89. The van der Waals surface area contributed by atoms with Crippen molar-refractivity contribution >= 4 is 23.4 Å². The van der Waals surface area contributed by atoms with E-state index in [1.807, 2.05) is 37.4 Å². The molecule has 0 spiro atoms. The van der Waals surface area contributed by atoms with Gasteiger partial charge in [-0.1, -0.05) is 13.0 Å². The van der Waals surface area contributed by atoms with Gasteiger partial charge in [-0.2, -0.15) is 0 Å². The van der Waals surface area contributed by atoms with Crippen LogP contribution in [0.4, 0.5) is 17.5 Å². The second-order valence-electron chi connectivity index (χ2n) is 5.74. The fourth-order valence-electron chi connectivity index (χ4n) is 2.70. The topological polar surface area (TPSA) is 74.2 Å². The molecule has 7 nitrogen and oxygen atoms in total. The van der Waals surface area contributed by atoms with Gasteiger partial charge in [-0.05, 0) is 30.7 Å². The second kappa shape index (κ2) is 7.72. The summed E-state index contributed by atoms with van der Waals surface area (Å²) in [6.07, 6.45) is 3.13. The van der Waals surface area contributed by atoms with Crippen molar-refractivity contribution in [3.8, 4) is 0 Å². The summed E-state index contributed by atoms with van der Waals surface area (Å²) < 4.78 is 0. The third kappa shape index (κ3) is 3.98. The average molecular weight is 326 g/mol. The molecule has 0 aromatic carbocycles. The average Bonchev–Trinajstić information content (AvgIpc) is 2.63. The van der Waals surface area contributed by atoms with E-state index >= 15 is 0 Å². The smallest absolute Gasteiger partial charge is 0.225 e. The zero-order valence-corrected chi connectivity index (χ0v) is 13.9. The van der Waals surface area contributed by atoms with Crippen LogP contribution in [0.25, 0.3) is 0 Å². The zero-order chi connectivity index (χ0) is 16.8. The maximum atomic E-state index is 11.6. The number of nitrogens with zero attached hydrogens (tertiary/aromatic N) is 5. The van der Waals surface area contributed by atoms with Gasteiger partial charge in [0.2, 0.25) is 5.91 Å². The number of hydrogen-bond donors (Lipinski definition) is 1. The molecule has 2 aromatic rings. The lowest BCUT2D eigenvalue weighted by atomic mass is 10.3. The van der Waals surface area contributed by atoms with Crippen LogP contribution in [-0.2, 0) is 4.79 Å². The fraction of sp³-hybridized carbons (Fsp3) is 0.412. The molecule has 126 valence electrons. The van der Waals surface area contributed by atoms with Crippen molar-refractivity contribution in [2.45, 2.75) is 19.8 Å². The Hall–Kier alpha value is -2.70. The van der Waals surface area contributed by atoms with Crippen LogP contribution in [0.2, 0.25) is 0 Å². The Morgan fingerprint density at radius 2 is 1.79 bits per heavy atom. The van der Waals surface area contributed by atoms with Crippen LogP contribution in [-0.4, -0.2) is 47.3 Å². The van der Waals surface area contributed by atoms with Crippen LogP contribution in [0, 0.1) is 0 Å². The maximum absolute atomic E-state index is 11.6. The van der Waals surface area contributed by atoms with Crippen LogP contribution in [0.5, 0.6) is 0 Å². The molecule has 3 rings (SSSR count). The van der Waals surface area contributed by atoms with Gasteiger partial charge >= 0.3 is 0 Å². The summed E-state index contributed by atoms with van der Waals surface area (Å²) in [5, 5.41) is 11.1. The molecule has 24 heavy (non-hydrogen) atoms. The van der Waals surface area contributed by atoms with Crippen molar-refractivity contribution in [2.24, 2.45) is 0 Å². The Bertz CT molecular complexity index is 653. The Balaban J connectivity index is 1.55. The minimum atomic E-state index is -0.0245. The number of rotatable bonds is 5. The van der Waals surface area contributed by atoms with Crippen molar-refractivity contribution in [2.75, 3.05) is 41.3 Å². The Labute approximate surface area is 141 Å². The molecule has 0 aliphatic carbocycles. The fourth-order valence-corrected chi connectivity index (χ4v) is 2.70. The quantitative estimate of drug-likeness (QED) is 0.905. The summed E-state index contributed by atoms with van der Waals surface area (Å²) in [7, 11) is 0. The van der Waals surface area contributed by atoms with Gasteiger partial charge in [-0.3, -0.25) is 4.79 Å². The number of piperazine rings is 1. The van der Waals surface area contributed by atoms with Crippen LogP contribution in [0.3, 0.4) is 0 Å². The van der Waals surface area contributed by atoms with E-state index in [9.17, 15) is 4.79 Å². The third-order valence-corrected chi connectivity index (χ3v) is 3.97. The summed E-state index contributed by atoms with van der Waals surface area (Å²) in [5.74, 6) is 2.33. The van der Waals surface area contributed by atoms with E-state index < -0.39 is 0 Å². The first-order valence-electron chi connectivity index (χ1n) is 8.31. The van der Waals surface area contributed by atoms with Gasteiger partial charge in [0, 0.05) is 38.8 Å². The van der Waals surface area contributed by atoms with E-state index in [2.05, 4.69) is 30.3 Å². The number of nitrogens with one attached hydrogen (secondary N) is 1. The number of carbonyl (C=O) groups excluding carboxylic acids is 1. The molecular formula is C17H22N6O. The molecule has 0 atom stereocenters. The van der Waals surface area contributed by atoms with Crippen LogP contribution < -0.4 is 15.1 Å². The number of carbonyl (C=O) groups is 1. The molecule has 1 amide bonds.